The molecule has 1 saturated carbocycles. The van der Waals surface area contributed by atoms with E-state index in [2.05, 4.69) is 18.7 Å². The summed E-state index contributed by atoms with van der Waals surface area (Å²) in [5, 5.41) is 0. The second kappa shape index (κ2) is 5.66. The molecule has 3 heteroatoms. The van der Waals surface area contributed by atoms with E-state index in [4.69, 9.17) is 18.0 Å². The van der Waals surface area contributed by atoms with Gasteiger partial charge in [0.25, 0.3) is 0 Å². The molecule has 1 atom stereocenters. The molecule has 0 spiro atoms. The number of nitrogens with two attached hydrogens (primary N) is 1. The first kappa shape index (κ1) is 11.9. The third-order valence-electron chi connectivity index (χ3n) is 2.90. The Hall–Kier alpha value is -0.150. The molecule has 14 heavy (non-hydrogen) atoms. The number of hydrogen-bond donors (Lipinski definition) is 1. The summed E-state index contributed by atoms with van der Waals surface area (Å²) in [6.45, 7) is 5.62. The molecule has 0 aromatic carbocycles. The molecule has 0 heterocycles. The van der Waals surface area contributed by atoms with Gasteiger partial charge in [0, 0.05) is 25.0 Å². The Kier molecular flexibility index (Phi) is 4.82. The van der Waals surface area contributed by atoms with Crippen LogP contribution in [0.5, 0.6) is 0 Å². The van der Waals surface area contributed by atoms with Crippen molar-refractivity contribution in [2.24, 2.45) is 5.73 Å². The first-order valence-electron chi connectivity index (χ1n) is 5.69. The lowest BCUT2D eigenvalue weighted by atomic mass is 10.1. The fourth-order valence-corrected chi connectivity index (χ4v) is 2.08. The zero-order valence-corrected chi connectivity index (χ0v) is 10.1. The monoisotopic (exact) mass is 214 g/mol. The molecule has 1 aliphatic rings. The van der Waals surface area contributed by atoms with Gasteiger partial charge in [-0.05, 0) is 26.2 Å². The Morgan fingerprint density at radius 3 is 2.64 bits per heavy atom. The van der Waals surface area contributed by atoms with Gasteiger partial charge in [0.1, 0.15) is 0 Å². The van der Waals surface area contributed by atoms with Crippen LogP contribution in [0.3, 0.4) is 0 Å². The summed E-state index contributed by atoms with van der Waals surface area (Å²) >= 11 is 4.92. The Balaban J connectivity index is 2.33. The van der Waals surface area contributed by atoms with Gasteiger partial charge in [-0.15, -0.1) is 0 Å². The van der Waals surface area contributed by atoms with E-state index in [0.717, 1.165) is 19.0 Å². The molecule has 1 unspecified atom stereocenters. The molecule has 82 valence electrons. The second-order valence-corrected chi connectivity index (χ2v) is 4.85. The van der Waals surface area contributed by atoms with Crippen molar-refractivity contribution < 1.29 is 0 Å². The molecule has 0 amide bonds. The van der Waals surface area contributed by atoms with E-state index in [0.29, 0.717) is 11.0 Å². The highest BCUT2D eigenvalue weighted by Crippen LogP contribution is 2.29. The van der Waals surface area contributed by atoms with Crippen LogP contribution in [-0.4, -0.2) is 28.5 Å². The average Bonchev–Trinajstić information content (AvgIpc) is 2.88. The van der Waals surface area contributed by atoms with E-state index in [1.165, 1.54) is 25.7 Å². The van der Waals surface area contributed by atoms with E-state index < -0.39 is 0 Å². The molecular weight excluding hydrogens is 192 g/mol. The van der Waals surface area contributed by atoms with Crippen molar-refractivity contribution in [1.29, 1.82) is 0 Å². The van der Waals surface area contributed by atoms with E-state index in [1.54, 1.807) is 0 Å². The fraction of sp³-hybridized carbons (Fsp3) is 0.909. The van der Waals surface area contributed by atoms with Crippen molar-refractivity contribution >= 4 is 17.2 Å². The summed E-state index contributed by atoms with van der Waals surface area (Å²) in [5.74, 6) is 0. The Morgan fingerprint density at radius 1 is 1.57 bits per heavy atom. The van der Waals surface area contributed by atoms with Crippen molar-refractivity contribution in [2.75, 3.05) is 6.54 Å². The second-order valence-electron chi connectivity index (χ2n) is 4.32. The van der Waals surface area contributed by atoms with Gasteiger partial charge < -0.3 is 5.73 Å². The van der Waals surface area contributed by atoms with Crippen LogP contribution < -0.4 is 5.73 Å². The van der Waals surface area contributed by atoms with Gasteiger partial charge in [0.05, 0.1) is 4.99 Å². The Labute approximate surface area is 92.8 Å². The number of nitrogens with zero attached hydrogens (tertiary/aromatic N) is 1. The first-order chi connectivity index (χ1) is 6.65. The minimum absolute atomic E-state index is 0.652. The standard InChI is InChI=1S/C11H22N2S/c1-3-4-9(2)13(10-5-6-10)8-7-11(12)14/h9-10H,3-8H2,1-2H3,(H2,12,14). The van der Waals surface area contributed by atoms with E-state index >= 15 is 0 Å². The molecule has 1 aliphatic carbocycles. The maximum Gasteiger partial charge on any atom is 0.0740 e. The molecule has 0 aliphatic heterocycles. The molecular formula is C11H22N2S. The van der Waals surface area contributed by atoms with Crippen LogP contribution in [0.25, 0.3) is 0 Å². The maximum atomic E-state index is 5.54. The zero-order chi connectivity index (χ0) is 10.6. The molecule has 0 aromatic heterocycles. The predicted molar refractivity (Wildman–Crippen MR) is 65.5 cm³/mol. The summed E-state index contributed by atoms with van der Waals surface area (Å²) in [6.07, 6.45) is 6.15. The van der Waals surface area contributed by atoms with Crippen molar-refractivity contribution in [3.05, 3.63) is 0 Å². The lowest BCUT2D eigenvalue weighted by Crippen LogP contribution is -2.37. The highest BCUT2D eigenvalue weighted by Gasteiger charge is 2.31. The highest BCUT2D eigenvalue weighted by atomic mass is 32.1. The number of rotatable bonds is 7. The molecule has 2 nitrogen and oxygen atoms in total. The minimum Gasteiger partial charge on any atom is -0.393 e. The summed E-state index contributed by atoms with van der Waals surface area (Å²) < 4.78 is 0. The smallest absolute Gasteiger partial charge is 0.0740 e. The highest BCUT2D eigenvalue weighted by molar-refractivity contribution is 7.80. The molecule has 0 saturated heterocycles. The van der Waals surface area contributed by atoms with Crippen molar-refractivity contribution in [1.82, 2.24) is 4.90 Å². The third-order valence-corrected chi connectivity index (χ3v) is 3.11. The average molecular weight is 214 g/mol. The number of hydrogen-bond acceptors (Lipinski definition) is 2. The SMILES string of the molecule is CCCC(C)N(CCC(N)=S)C1CC1. The topological polar surface area (TPSA) is 29.3 Å². The fourth-order valence-electron chi connectivity index (χ4n) is 1.99. The molecule has 0 radical (unpaired) electrons. The maximum absolute atomic E-state index is 5.54. The van der Waals surface area contributed by atoms with Crippen LogP contribution in [0.4, 0.5) is 0 Å². The normalized spacial score (nSPS) is 18.5. The number of thiocarbonyl (C=S) groups is 1. The summed E-state index contributed by atoms with van der Waals surface area (Å²) in [6, 6.07) is 1.52. The Bertz CT molecular complexity index is 190. The van der Waals surface area contributed by atoms with Crippen LogP contribution in [-0.2, 0) is 0 Å². The van der Waals surface area contributed by atoms with Crippen LogP contribution in [0, 0.1) is 0 Å². The first-order valence-corrected chi connectivity index (χ1v) is 6.10. The lowest BCUT2D eigenvalue weighted by molar-refractivity contribution is 0.194. The van der Waals surface area contributed by atoms with E-state index in [1.807, 2.05) is 0 Å². The van der Waals surface area contributed by atoms with E-state index in [9.17, 15) is 0 Å². The molecule has 1 rings (SSSR count). The summed E-state index contributed by atoms with van der Waals surface area (Å²) in [7, 11) is 0. The van der Waals surface area contributed by atoms with Crippen LogP contribution in [0.2, 0.25) is 0 Å². The van der Waals surface area contributed by atoms with Gasteiger partial charge in [-0.1, -0.05) is 25.6 Å². The van der Waals surface area contributed by atoms with E-state index in [-0.39, 0.29) is 0 Å². The summed E-state index contributed by atoms with van der Waals surface area (Å²) in [4.78, 5) is 3.24. The van der Waals surface area contributed by atoms with Crippen LogP contribution in [0.1, 0.15) is 46.0 Å². The molecule has 1 fully saturated rings. The van der Waals surface area contributed by atoms with Gasteiger partial charge in [0.15, 0.2) is 0 Å². The van der Waals surface area contributed by atoms with Crippen molar-refractivity contribution in [3.63, 3.8) is 0 Å². The third kappa shape index (κ3) is 3.93. The molecule has 2 N–H and O–H groups in total. The largest absolute Gasteiger partial charge is 0.393 e. The predicted octanol–water partition coefficient (Wildman–Crippen LogP) is 2.32. The summed E-state index contributed by atoms with van der Waals surface area (Å²) in [5.41, 5.74) is 5.54. The van der Waals surface area contributed by atoms with Gasteiger partial charge in [-0.2, -0.15) is 0 Å². The van der Waals surface area contributed by atoms with Gasteiger partial charge in [-0.3, -0.25) is 4.90 Å². The molecule has 0 aromatic rings. The Morgan fingerprint density at radius 2 is 2.21 bits per heavy atom. The van der Waals surface area contributed by atoms with Crippen LogP contribution >= 0.6 is 12.2 Å². The quantitative estimate of drug-likeness (QED) is 0.660. The zero-order valence-electron chi connectivity index (χ0n) is 9.33. The molecule has 0 bridgehead atoms. The minimum atomic E-state index is 0.652. The van der Waals surface area contributed by atoms with Crippen LogP contribution in [0.15, 0.2) is 0 Å². The van der Waals surface area contributed by atoms with Gasteiger partial charge >= 0.3 is 0 Å². The van der Waals surface area contributed by atoms with Crippen molar-refractivity contribution in [2.45, 2.75) is 58.0 Å². The van der Waals surface area contributed by atoms with Crippen molar-refractivity contribution in [3.8, 4) is 0 Å². The van der Waals surface area contributed by atoms with Gasteiger partial charge in [-0.25, -0.2) is 0 Å². The van der Waals surface area contributed by atoms with Gasteiger partial charge in [0.2, 0.25) is 0 Å². The lowest BCUT2D eigenvalue weighted by Gasteiger charge is -2.28.